The monoisotopic (exact) mass is 818 g/mol. The summed E-state index contributed by atoms with van der Waals surface area (Å²) in [6.45, 7) is 0. The van der Waals surface area contributed by atoms with Gasteiger partial charge in [-0.2, -0.15) is 0 Å². The Hall–Kier alpha value is -7.98. The van der Waals surface area contributed by atoms with Crippen molar-refractivity contribution in [2.24, 2.45) is 0 Å². The molecule has 0 aliphatic carbocycles. The Morgan fingerprint density at radius 1 is 0.270 bits per heavy atom. The lowest BCUT2D eigenvalue weighted by molar-refractivity contribution is 1.17. The zero-order valence-electron chi connectivity index (χ0n) is 34.6. The van der Waals surface area contributed by atoms with E-state index in [1.807, 2.05) is 0 Å². The second-order valence-corrected chi connectivity index (χ2v) is 20.2. The molecule has 63 heavy (non-hydrogen) atoms. The van der Waals surface area contributed by atoms with Crippen molar-refractivity contribution < 1.29 is 0 Å². The summed E-state index contributed by atoms with van der Waals surface area (Å²) in [7, 11) is -2.91. The molecule has 12 aromatic rings. The molecule has 0 saturated carbocycles. The van der Waals surface area contributed by atoms with Gasteiger partial charge in [-0.3, -0.25) is 0 Å². The van der Waals surface area contributed by atoms with Crippen LogP contribution in [0.1, 0.15) is 0 Å². The van der Waals surface area contributed by atoms with Gasteiger partial charge < -0.3 is 9.13 Å². The largest absolute Gasteiger partial charge is 0.309 e. The van der Waals surface area contributed by atoms with Gasteiger partial charge in [-0.1, -0.05) is 212 Å². The molecular weight excluding hydrogens is 777 g/mol. The normalized spacial score (nSPS) is 11.8. The lowest BCUT2D eigenvalue weighted by atomic mass is 9.94. The molecule has 0 amide bonds. The van der Waals surface area contributed by atoms with Gasteiger partial charge in [-0.15, -0.1) is 0 Å². The fourth-order valence-corrected chi connectivity index (χ4v) is 15.4. The number of hydrogen-bond donors (Lipinski definition) is 0. The molecule has 3 heteroatoms. The molecule has 2 aromatic heterocycles. The predicted molar refractivity (Wildman–Crippen MR) is 270 cm³/mol. The second-order valence-electron chi connectivity index (χ2n) is 16.4. The molecule has 0 N–H and O–H groups in total. The van der Waals surface area contributed by atoms with Crippen LogP contribution in [0.3, 0.4) is 0 Å². The van der Waals surface area contributed by atoms with Crippen LogP contribution >= 0.6 is 0 Å². The topological polar surface area (TPSA) is 9.86 Å². The van der Waals surface area contributed by atoms with E-state index in [2.05, 4.69) is 264 Å². The number of rotatable bonds is 8. The third-order valence-corrected chi connectivity index (χ3v) is 17.9. The molecule has 0 radical (unpaired) electrons. The number of aromatic nitrogens is 2. The van der Waals surface area contributed by atoms with Crippen LogP contribution in [0.2, 0.25) is 0 Å². The lowest BCUT2D eigenvalue weighted by Crippen LogP contribution is -2.75. The highest BCUT2D eigenvalue weighted by atomic mass is 28.3. The van der Waals surface area contributed by atoms with E-state index in [1.165, 1.54) is 86.6 Å². The van der Waals surface area contributed by atoms with E-state index in [-0.39, 0.29) is 0 Å². The van der Waals surface area contributed by atoms with Crippen LogP contribution in [-0.2, 0) is 0 Å². The van der Waals surface area contributed by atoms with E-state index >= 15 is 0 Å². The first-order chi connectivity index (χ1) is 31.3. The molecule has 0 atom stereocenters. The van der Waals surface area contributed by atoms with Gasteiger partial charge in [-0.25, -0.2) is 0 Å². The maximum atomic E-state index is 2.56. The smallest absolute Gasteiger partial charge is 0.181 e. The van der Waals surface area contributed by atoms with Gasteiger partial charge in [0, 0.05) is 32.9 Å². The Bertz CT molecular complexity index is 3510. The van der Waals surface area contributed by atoms with Gasteiger partial charge in [0.1, 0.15) is 0 Å². The first kappa shape index (κ1) is 36.8. The first-order valence-electron chi connectivity index (χ1n) is 21.8. The molecule has 0 spiro atoms. The highest BCUT2D eigenvalue weighted by molar-refractivity contribution is 7.20. The Kier molecular flexibility index (Phi) is 8.87. The SMILES string of the molecule is c1ccc(-c2ccccc2-c2cccc(-n3c4ccccc4c4cc(-n5c6ccccc6c6cccc([Si](c7ccccc7)(c7ccccc7)c7ccccc7)c65)ccc43)c2)cc1. The van der Waals surface area contributed by atoms with Crippen LogP contribution in [0.4, 0.5) is 0 Å². The molecule has 0 bridgehead atoms. The zero-order valence-corrected chi connectivity index (χ0v) is 35.6. The van der Waals surface area contributed by atoms with Crippen molar-refractivity contribution in [1.29, 1.82) is 0 Å². The summed E-state index contributed by atoms with van der Waals surface area (Å²) in [5.41, 5.74) is 12.0. The van der Waals surface area contributed by atoms with Crippen LogP contribution in [0.25, 0.3) is 77.2 Å². The molecule has 296 valence electrons. The average molecular weight is 819 g/mol. The van der Waals surface area contributed by atoms with E-state index in [0.717, 1.165) is 11.4 Å². The maximum absolute atomic E-state index is 2.91. The van der Waals surface area contributed by atoms with Crippen LogP contribution in [-0.4, -0.2) is 17.2 Å². The molecule has 0 fully saturated rings. The van der Waals surface area contributed by atoms with Crippen molar-refractivity contribution in [3.8, 4) is 33.6 Å². The number of benzene rings is 10. The van der Waals surface area contributed by atoms with E-state index in [1.54, 1.807) is 0 Å². The number of hydrogen-bond acceptors (Lipinski definition) is 0. The van der Waals surface area contributed by atoms with Gasteiger partial charge >= 0.3 is 0 Å². The van der Waals surface area contributed by atoms with Crippen molar-refractivity contribution in [3.63, 3.8) is 0 Å². The predicted octanol–water partition coefficient (Wildman–Crippen LogP) is 12.6. The van der Waals surface area contributed by atoms with Crippen molar-refractivity contribution >= 4 is 72.4 Å². The summed E-state index contributed by atoms with van der Waals surface area (Å²) in [6.07, 6.45) is 0. The quantitative estimate of drug-likeness (QED) is 0.107. The fourth-order valence-electron chi connectivity index (χ4n) is 10.4. The summed E-state index contributed by atoms with van der Waals surface area (Å²) in [5.74, 6) is 0. The highest BCUT2D eigenvalue weighted by Gasteiger charge is 2.43. The third kappa shape index (κ3) is 5.85. The third-order valence-electron chi connectivity index (χ3n) is 13.1. The van der Waals surface area contributed by atoms with Gasteiger partial charge in [0.2, 0.25) is 0 Å². The Morgan fingerprint density at radius 3 is 1.35 bits per heavy atom. The average Bonchev–Trinajstić information content (AvgIpc) is 3.89. The lowest BCUT2D eigenvalue weighted by Gasteiger charge is -2.35. The molecule has 2 heterocycles. The van der Waals surface area contributed by atoms with E-state index in [9.17, 15) is 0 Å². The zero-order chi connectivity index (χ0) is 41.7. The standard InChI is InChI=1S/C60H42N2Si/c1-5-21-43(22-6-1)50-31-13-14-32-51(50)44-23-19-24-45(41-44)61-56-36-17-16-34-53(56)55-42-46(39-40-58(55)61)62-57-37-18-15-33-52(57)54-35-20-38-59(60(54)62)63(47-25-7-2-8-26-47,48-27-9-3-10-28-48)49-29-11-4-12-30-49/h1-42H. The van der Waals surface area contributed by atoms with Crippen molar-refractivity contribution in [1.82, 2.24) is 9.13 Å². The summed E-state index contributed by atoms with van der Waals surface area (Å²) < 4.78 is 5.00. The Morgan fingerprint density at radius 2 is 0.714 bits per heavy atom. The molecule has 2 nitrogen and oxygen atoms in total. The minimum Gasteiger partial charge on any atom is -0.309 e. The van der Waals surface area contributed by atoms with Crippen molar-refractivity contribution in [3.05, 3.63) is 255 Å². The van der Waals surface area contributed by atoms with Gasteiger partial charge in [0.25, 0.3) is 0 Å². The van der Waals surface area contributed by atoms with Crippen molar-refractivity contribution in [2.75, 3.05) is 0 Å². The maximum Gasteiger partial charge on any atom is 0.181 e. The molecule has 0 aliphatic rings. The Labute approximate surface area is 368 Å². The molecule has 0 unspecified atom stereocenters. The van der Waals surface area contributed by atoms with Gasteiger partial charge in [-0.05, 0) is 85.5 Å². The number of fused-ring (bicyclic) bond motifs is 6. The minimum absolute atomic E-state index is 1.14. The van der Waals surface area contributed by atoms with Gasteiger partial charge in [0.05, 0.1) is 22.1 Å². The second kappa shape index (κ2) is 15.2. The highest BCUT2D eigenvalue weighted by Crippen LogP contribution is 2.39. The molecule has 0 aliphatic heterocycles. The minimum atomic E-state index is -2.91. The molecular formula is C60H42N2Si. The first-order valence-corrected chi connectivity index (χ1v) is 23.8. The van der Waals surface area contributed by atoms with Crippen LogP contribution < -0.4 is 20.7 Å². The molecule has 12 rings (SSSR count). The van der Waals surface area contributed by atoms with Crippen LogP contribution in [0, 0.1) is 0 Å². The van der Waals surface area contributed by atoms with Crippen LogP contribution in [0.5, 0.6) is 0 Å². The summed E-state index contributed by atoms with van der Waals surface area (Å²) >= 11 is 0. The summed E-state index contributed by atoms with van der Waals surface area (Å²) in [6, 6.07) is 94.2. The number of para-hydroxylation sites is 3. The van der Waals surface area contributed by atoms with E-state index in [0.29, 0.717) is 0 Å². The summed E-state index contributed by atoms with van der Waals surface area (Å²) in [5, 5.41) is 10.4. The van der Waals surface area contributed by atoms with E-state index < -0.39 is 8.07 Å². The molecule has 0 saturated heterocycles. The molecule has 10 aromatic carbocycles. The van der Waals surface area contributed by atoms with Crippen LogP contribution in [0.15, 0.2) is 255 Å². The van der Waals surface area contributed by atoms with Crippen molar-refractivity contribution in [2.45, 2.75) is 0 Å². The van der Waals surface area contributed by atoms with Gasteiger partial charge in [0.15, 0.2) is 8.07 Å². The Balaban J connectivity index is 1.12. The van der Waals surface area contributed by atoms with E-state index in [4.69, 9.17) is 0 Å². The number of nitrogens with zero attached hydrogens (tertiary/aromatic N) is 2. The summed E-state index contributed by atoms with van der Waals surface area (Å²) in [4.78, 5) is 0. The fraction of sp³-hybridized carbons (Fsp3) is 0.